The molecule has 1 aromatic carbocycles. The first kappa shape index (κ1) is 16.3. The zero-order chi connectivity index (χ0) is 17.4. The van der Waals surface area contributed by atoms with Gasteiger partial charge in [0.2, 0.25) is 5.95 Å². The van der Waals surface area contributed by atoms with Crippen molar-refractivity contribution >= 4 is 11.6 Å². The van der Waals surface area contributed by atoms with Crippen LogP contribution in [-0.4, -0.2) is 40.4 Å². The lowest BCUT2D eigenvalue weighted by Crippen LogP contribution is -2.49. The quantitative estimate of drug-likeness (QED) is 0.859. The molecule has 0 spiro atoms. The molecule has 1 atom stereocenters. The Morgan fingerprint density at radius 3 is 2.72 bits per heavy atom. The molecule has 0 aliphatic carbocycles. The van der Waals surface area contributed by atoms with Gasteiger partial charge in [-0.25, -0.2) is 4.98 Å². The number of hydrogen-bond acceptors (Lipinski definition) is 5. The molecule has 1 aromatic heterocycles. The summed E-state index contributed by atoms with van der Waals surface area (Å²) in [5.41, 5.74) is 2.60. The molecule has 6 heteroatoms. The van der Waals surface area contributed by atoms with E-state index < -0.39 is 0 Å². The minimum Gasteiger partial charge on any atom is -0.377 e. The lowest BCUT2D eigenvalue weighted by Gasteiger charge is -2.39. The number of nitrogens with zero attached hydrogens (tertiary/aromatic N) is 4. The van der Waals surface area contributed by atoms with Gasteiger partial charge in [0.25, 0.3) is 5.56 Å². The van der Waals surface area contributed by atoms with E-state index in [-0.39, 0.29) is 11.7 Å². The van der Waals surface area contributed by atoms with Crippen LogP contribution < -0.4 is 10.5 Å². The summed E-state index contributed by atoms with van der Waals surface area (Å²) >= 11 is 0. The minimum absolute atomic E-state index is 0.0421. The third kappa shape index (κ3) is 3.07. The Bertz CT molecular complexity index is 812. The van der Waals surface area contributed by atoms with E-state index in [9.17, 15) is 4.79 Å². The molecule has 2 aliphatic heterocycles. The highest BCUT2D eigenvalue weighted by Gasteiger charge is 2.29. The van der Waals surface area contributed by atoms with E-state index in [1.54, 1.807) is 4.57 Å². The molecule has 1 saturated heterocycles. The van der Waals surface area contributed by atoms with Crippen molar-refractivity contribution in [2.45, 2.75) is 39.5 Å². The van der Waals surface area contributed by atoms with Gasteiger partial charge in [-0.05, 0) is 38.8 Å². The maximum absolute atomic E-state index is 12.8. The highest BCUT2D eigenvalue weighted by molar-refractivity contribution is 5.58. The number of anilines is 2. The van der Waals surface area contributed by atoms with E-state index >= 15 is 0 Å². The van der Waals surface area contributed by atoms with Crippen LogP contribution in [0.2, 0.25) is 0 Å². The lowest BCUT2D eigenvalue weighted by molar-refractivity contribution is 0.0584. The molecule has 2 aromatic rings. The van der Waals surface area contributed by atoms with E-state index in [0.717, 1.165) is 48.9 Å². The van der Waals surface area contributed by atoms with Crippen LogP contribution >= 0.6 is 0 Å². The Kier molecular flexibility index (Phi) is 4.31. The first-order valence-corrected chi connectivity index (χ1v) is 8.88. The van der Waals surface area contributed by atoms with Crippen molar-refractivity contribution in [3.8, 4) is 0 Å². The van der Waals surface area contributed by atoms with Crippen molar-refractivity contribution in [2.75, 3.05) is 24.7 Å². The number of rotatable bonds is 3. The van der Waals surface area contributed by atoms with Crippen molar-refractivity contribution in [3.05, 3.63) is 51.9 Å². The first-order chi connectivity index (χ1) is 12.1. The summed E-state index contributed by atoms with van der Waals surface area (Å²) in [4.78, 5) is 22.0. The van der Waals surface area contributed by atoms with Gasteiger partial charge in [-0.2, -0.15) is 0 Å². The van der Waals surface area contributed by atoms with Gasteiger partial charge in [0.05, 0.1) is 19.4 Å². The zero-order valence-electron chi connectivity index (χ0n) is 14.8. The van der Waals surface area contributed by atoms with E-state index in [1.807, 2.05) is 32.0 Å². The topological polar surface area (TPSA) is 50.6 Å². The first-order valence-electron chi connectivity index (χ1n) is 8.88. The summed E-state index contributed by atoms with van der Waals surface area (Å²) in [7, 11) is 0. The Hall–Kier alpha value is -2.18. The minimum atomic E-state index is 0.0421. The molecule has 0 saturated carbocycles. The highest BCUT2D eigenvalue weighted by atomic mass is 16.5. The third-order valence-electron chi connectivity index (χ3n) is 5.10. The van der Waals surface area contributed by atoms with Crippen molar-refractivity contribution in [1.82, 2.24) is 14.5 Å². The maximum Gasteiger partial charge on any atom is 0.259 e. The van der Waals surface area contributed by atoms with Gasteiger partial charge in [-0.1, -0.05) is 18.2 Å². The van der Waals surface area contributed by atoms with Gasteiger partial charge >= 0.3 is 0 Å². The molecule has 0 amide bonds. The van der Waals surface area contributed by atoms with E-state index in [2.05, 4.69) is 21.9 Å². The fourth-order valence-electron chi connectivity index (χ4n) is 3.58. The number of benzene rings is 1. The number of aromatic nitrogens is 2. The standard InChI is InChI=1S/C19H24N4O2/c1-14-15(2)20-19-22(16-7-4-3-5-8-16)12-21(13-23(19)18(14)24)11-17-9-6-10-25-17/h3-5,7-8,17H,6,9-13H2,1-2H3/t17-/m0/s1. The monoisotopic (exact) mass is 340 g/mol. The van der Waals surface area contributed by atoms with E-state index in [4.69, 9.17) is 9.72 Å². The molecular formula is C19H24N4O2. The number of para-hydroxylation sites is 1. The molecule has 6 nitrogen and oxygen atoms in total. The van der Waals surface area contributed by atoms with Crippen LogP contribution in [0.5, 0.6) is 0 Å². The average Bonchev–Trinajstić information content (AvgIpc) is 3.14. The fraction of sp³-hybridized carbons (Fsp3) is 0.474. The Morgan fingerprint density at radius 2 is 2.00 bits per heavy atom. The van der Waals surface area contributed by atoms with Crippen LogP contribution in [0.15, 0.2) is 35.1 Å². The van der Waals surface area contributed by atoms with Crippen LogP contribution in [0, 0.1) is 13.8 Å². The SMILES string of the molecule is Cc1nc2n(c(=O)c1C)CN(C[C@@H]1CCCO1)CN2c1ccccc1. The maximum atomic E-state index is 12.8. The van der Waals surface area contributed by atoms with Crippen molar-refractivity contribution in [3.63, 3.8) is 0 Å². The Morgan fingerprint density at radius 1 is 1.20 bits per heavy atom. The second-order valence-electron chi connectivity index (χ2n) is 6.89. The van der Waals surface area contributed by atoms with Crippen LogP contribution in [0.3, 0.4) is 0 Å². The molecule has 2 aliphatic rings. The number of fused-ring (bicyclic) bond motifs is 1. The van der Waals surface area contributed by atoms with Crippen LogP contribution in [0.4, 0.5) is 11.6 Å². The molecular weight excluding hydrogens is 316 g/mol. The van der Waals surface area contributed by atoms with E-state index in [1.165, 1.54) is 0 Å². The van der Waals surface area contributed by atoms with Gasteiger partial charge in [0.1, 0.15) is 0 Å². The largest absolute Gasteiger partial charge is 0.377 e. The molecule has 0 radical (unpaired) electrons. The highest BCUT2D eigenvalue weighted by Crippen LogP contribution is 2.28. The summed E-state index contributed by atoms with van der Waals surface area (Å²) in [5.74, 6) is 0.725. The average molecular weight is 340 g/mol. The van der Waals surface area contributed by atoms with Crippen LogP contribution in [0.25, 0.3) is 0 Å². The van der Waals surface area contributed by atoms with E-state index in [0.29, 0.717) is 13.3 Å². The Balaban J connectivity index is 1.74. The van der Waals surface area contributed by atoms with Crippen molar-refractivity contribution in [1.29, 1.82) is 0 Å². The predicted molar refractivity (Wildman–Crippen MR) is 97.1 cm³/mol. The third-order valence-corrected chi connectivity index (χ3v) is 5.10. The van der Waals surface area contributed by atoms with Gasteiger partial charge in [0, 0.05) is 30.1 Å². The smallest absolute Gasteiger partial charge is 0.259 e. The molecule has 132 valence electrons. The summed E-state index contributed by atoms with van der Waals surface area (Å²) in [6.07, 6.45) is 2.47. The molecule has 0 unspecified atom stereocenters. The number of aryl methyl sites for hydroxylation is 1. The van der Waals surface area contributed by atoms with Crippen LogP contribution in [-0.2, 0) is 11.4 Å². The molecule has 4 rings (SSSR count). The normalized spacial score (nSPS) is 20.7. The van der Waals surface area contributed by atoms with Gasteiger partial charge < -0.3 is 4.74 Å². The fourth-order valence-corrected chi connectivity index (χ4v) is 3.58. The summed E-state index contributed by atoms with van der Waals surface area (Å²) in [6, 6.07) is 10.1. The summed E-state index contributed by atoms with van der Waals surface area (Å²) < 4.78 is 7.58. The second-order valence-corrected chi connectivity index (χ2v) is 6.89. The summed E-state index contributed by atoms with van der Waals surface area (Å²) in [5, 5.41) is 0. The zero-order valence-corrected chi connectivity index (χ0v) is 14.8. The van der Waals surface area contributed by atoms with Gasteiger partial charge in [0.15, 0.2) is 0 Å². The predicted octanol–water partition coefficient (Wildman–Crippen LogP) is 2.41. The second kappa shape index (κ2) is 6.61. The summed E-state index contributed by atoms with van der Waals surface area (Å²) in [6.45, 7) is 6.70. The molecule has 0 N–H and O–H groups in total. The van der Waals surface area contributed by atoms with Crippen molar-refractivity contribution < 1.29 is 4.74 Å². The number of ether oxygens (including phenoxy) is 1. The van der Waals surface area contributed by atoms with Gasteiger partial charge in [-0.3, -0.25) is 19.2 Å². The van der Waals surface area contributed by atoms with Crippen molar-refractivity contribution in [2.24, 2.45) is 0 Å². The molecule has 3 heterocycles. The van der Waals surface area contributed by atoms with Crippen LogP contribution in [0.1, 0.15) is 24.1 Å². The Labute approximate surface area is 147 Å². The molecule has 25 heavy (non-hydrogen) atoms. The molecule has 0 bridgehead atoms. The van der Waals surface area contributed by atoms with Gasteiger partial charge in [-0.15, -0.1) is 0 Å². The number of hydrogen-bond donors (Lipinski definition) is 0. The molecule has 1 fully saturated rings. The lowest BCUT2D eigenvalue weighted by atomic mass is 10.2.